The molecular weight excluding hydrogens is 337 g/mol. The second kappa shape index (κ2) is 6.26. The minimum Gasteiger partial charge on any atom is -0.478 e. The smallest absolute Gasteiger partial charge is 0.337 e. The Morgan fingerprint density at radius 2 is 1.86 bits per heavy atom. The number of rotatable bonds is 4. The highest BCUT2D eigenvalue weighted by atomic mass is 79.9. The molecule has 0 heterocycles. The van der Waals surface area contributed by atoms with Crippen molar-refractivity contribution < 1.29 is 14.3 Å². The van der Waals surface area contributed by atoms with Crippen LogP contribution in [0.25, 0.3) is 0 Å². The summed E-state index contributed by atoms with van der Waals surface area (Å²) in [5.74, 6) is -1.20. The number of hydrogen-bond acceptors (Lipinski definition) is 2. The molecule has 21 heavy (non-hydrogen) atoms. The summed E-state index contributed by atoms with van der Waals surface area (Å²) in [5, 5.41) is 12.3. The lowest BCUT2D eigenvalue weighted by Crippen LogP contribution is -2.07. The van der Waals surface area contributed by atoms with Gasteiger partial charge in [0, 0.05) is 16.7 Å². The molecule has 0 aliphatic carbocycles. The summed E-state index contributed by atoms with van der Waals surface area (Å²) in [4.78, 5) is 11.2. The Kier molecular flexibility index (Phi) is 4.63. The number of anilines is 1. The molecular formula is C16H15BrFNO2. The van der Waals surface area contributed by atoms with E-state index in [2.05, 4.69) is 21.2 Å². The second-order valence-corrected chi connectivity index (χ2v) is 5.81. The van der Waals surface area contributed by atoms with Crippen molar-refractivity contribution >= 4 is 27.6 Å². The Morgan fingerprint density at radius 1 is 1.24 bits per heavy atom. The highest BCUT2D eigenvalue weighted by molar-refractivity contribution is 9.10. The van der Waals surface area contributed by atoms with Gasteiger partial charge in [0.15, 0.2) is 0 Å². The van der Waals surface area contributed by atoms with Crippen LogP contribution in [0.2, 0.25) is 0 Å². The predicted octanol–water partition coefficient (Wildman–Crippen LogP) is 4.52. The van der Waals surface area contributed by atoms with Crippen LogP contribution in [0, 0.1) is 19.7 Å². The average Bonchev–Trinajstić information content (AvgIpc) is 2.43. The molecule has 110 valence electrons. The first-order valence-corrected chi connectivity index (χ1v) is 7.20. The molecule has 2 N–H and O–H groups in total. The molecule has 2 aromatic rings. The zero-order valence-electron chi connectivity index (χ0n) is 11.7. The van der Waals surface area contributed by atoms with Crippen LogP contribution in [0.4, 0.5) is 10.1 Å². The maximum absolute atomic E-state index is 13.6. The SMILES string of the molecule is Cc1cc(CNc2ccc(Br)cc2C(=O)O)cc(C)c1F. The molecule has 0 saturated heterocycles. The number of nitrogens with one attached hydrogen (secondary N) is 1. The van der Waals surface area contributed by atoms with Crippen molar-refractivity contribution in [1.82, 2.24) is 0 Å². The monoisotopic (exact) mass is 351 g/mol. The molecule has 0 aromatic heterocycles. The molecule has 0 radical (unpaired) electrons. The van der Waals surface area contributed by atoms with E-state index in [1.54, 1.807) is 44.2 Å². The zero-order valence-corrected chi connectivity index (χ0v) is 13.3. The molecule has 2 aromatic carbocycles. The molecule has 0 bridgehead atoms. The third-order valence-electron chi connectivity index (χ3n) is 3.19. The summed E-state index contributed by atoms with van der Waals surface area (Å²) in [6.07, 6.45) is 0. The number of hydrogen-bond donors (Lipinski definition) is 2. The third-order valence-corrected chi connectivity index (χ3v) is 3.68. The van der Waals surface area contributed by atoms with Crippen molar-refractivity contribution in [2.45, 2.75) is 20.4 Å². The summed E-state index contributed by atoms with van der Waals surface area (Å²) in [5.41, 5.74) is 2.80. The zero-order chi connectivity index (χ0) is 15.6. The van der Waals surface area contributed by atoms with Gasteiger partial charge in [-0.1, -0.05) is 28.1 Å². The number of halogens is 2. The van der Waals surface area contributed by atoms with Crippen LogP contribution in [-0.2, 0) is 6.54 Å². The van der Waals surface area contributed by atoms with Crippen molar-refractivity contribution in [3.05, 3.63) is 62.9 Å². The van der Waals surface area contributed by atoms with Gasteiger partial charge in [-0.3, -0.25) is 0 Å². The van der Waals surface area contributed by atoms with Crippen LogP contribution in [0.15, 0.2) is 34.8 Å². The first kappa shape index (κ1) is 15.5. The Bertz CT molecular complexity index is 678. The van der Waals surface area contributed by atoms with E-state index in [0.717, 1.165) is 5.56 Å². The number of carboxylic acids is 1. The molecule has 0 aliphatic rings. The lowest BCUT2D eigenvalue weighted by atomic mass is 10.1. The van der Waals surface area contributed by atoms with Gasteiger partial charge in [-0.05, 0) is 48.7 Å². The van der Waals surface area contributed by atoms with E-state index >= 15 is 0 Å². The van der Waals surface area contributed by atoms with Crippen molar-refractivity contribution in [1.29, 1.82) is 0 Å². The minimum atomic E-state index is -0.995. The number of aromatic carboxylic acids is 1. The second-order valence-electron chi connectivity index (χ2n) is 4.89. The average molecular weight is 352 g/mol. The number of carbonyl (C=O) groups is 1. The number of benzene rings is 2. The molecule has 0 spiro atoms. The molecule has 2 rings (SSSR count). The number of aryl methyl sites for hydroxylation is 2. The largest absolute Gasteiger partial charge is 0.478 e. The quantitative estimate of drug-likeness (QED) is 0.851. The van der Waals surface area contributed by atoms with Gasteiger partial charge < -0.3 is 10.4 Å². The summed E-state index contributed by atoms with van der Waals surface area (Å²) in [6.45, 7) is 3.87. The van der Waals surface area contributed by atoms with Crippen LogP contribution in [-0.4, -0.2) is 11.1 Å². The fourth-order valence-electron chi connectivity index (χ4n) is 2.18. The lowest BCUT2D eigenvalue weighted by Gasteiger charge is -2.12. The van der Waals surface area contributed by atoms with Crippen molar-refractivity contribution in [2.75, 3.05) is 5.32 Å². The van der Waals surface area contributed by atoms with E-state index in [0.29, 0.717) is 27.8 Å². The fourth-order valence-corrected chi connectivity index (χ4v) is 2.54. The highest BCUT2D eigenvalue weighted by Gasteiger charge is 2.11. The van der Waals surface area contributed by atoms with Crippen molar-refractivity contribution in [3.63, 3.8) is 0 Å². The van der Waals surface area contributed by atoms with Crippen LogP contribution in [0.1, 0.15) is 27.0 Å². The summed E-state index contributed by atoms with van der Waals surface area (Å²) in [6, 6.07) is 8.54. The van der Waals surface area contributed by atoms with Gasteiger partial charge in [-0.15, -0.1) is 0 Å². The fraction of sp³-hybridized carbons (Fsp3) is 0.188. The Hall–Kier alpha value is -1.88. The predicted molar refractivity (Wildman–Crippen MR) is 84.3 cm³/mol. The Morgan fingerprint density at radius 3 is 2.43 bits per heavy atom. The molecule has 0 amide bonds. The summed E-state index contributed by atoms with van der Waals surface area (Å²) >= 11 is 3.25. The van der Waals surface area contributed by atoms with E-state index in [1.165, 1.54) is 0 Å². The maximum Gasteiger partial charge on any atom is 0.337 e. The van der Waals surface area contributed by atoms with E-state index in [4.69, 9.17) is 0 Å². The van der Waals surface area contributed by atoms with Crippen LogP contribution >= 0.6 is 15.9 Å². The van der Waals surface area contributed by atoms with E-state index in [1.807, 2.05) is 0 Å². The standard InChI is InChI=1S/C16H15BrFNO2/c1-9-5-11(6-10(2)15(9)18)8-19-14-4-3-12(17)7-13(14)16(20)21/h3-7,19H,8H2,1-2H3,(H,20,21). The first-order valence-electron chi connectivity index (χ1n) is 6.41. The number of carboxylic acid groups (broad SMARTS) is 1. The van der Waals surface area contributed by atoms with Gasteiger partial charge in [0.05, 0.1) is 5.56 Å². The molecule has 0 atom stereocenters. The van der Waals surface area contributed by atoms with E-state index in [-0.39, 0.29) is 11.4 Å². The van der Waals surface area contributed by atoms with Gasteiger partial charge in [-0.25, -0.2) is 9.18 Å². The third kappa shape index (κ3) is 3.61. The molecule has 5 heteroatoms. The normalized spacial score (nSPS) is 10.5. The summed E-state index contributed by atoms with van der Waals surface area (Å²) < 4.78 is 14.3. The summed E-state index contributed by atoms with van der Waals surface area (Å²) in [7, 11) is 0. The van der Waals surface area contributed by atoms with Crippen LogP contribution in [0.5, 0.6) is 0 Å². The highest BCUT2D eigenvalue weighted by Crippen LogP contribution is 2.22. The van der Waals surface area contributed by atoms with Gasteiger partial charge in [-0.2, -0.15) is 0 Å². The lowest BCUT2D eigenvalue weighted by molar-refractivity contribution is 0.0698. The van der Waals surface area contributed by atoms with E-state index < -0.39 is 5.97 Å². The Balaban J connectivity index is 2.22. The van der Waals surface area contributed by atoms with Crippen LogP contribution in [0.3, 0.4) is 0 Å². The molecule has 0 aliphatic heterocycles. The van der Waals surface area contributed by atoms with Gasteiger partial charge in [0.25, 0.3) is 0 Å². The molecule has 0 fully saturated rings. The van der Waals surface area contributed by atoms with Gasteiger partial charge in [0.1, 0.15) is 5.82 Å². The maximum atomic E-state index is 13.6. The first-order chi connectivity index (χ1) is 9.88. The molecule has 3 nitrogen and oxygen atoms in total. The van der Waals surface area contributed by atoms with Crippen molar-refractivity contribution in [3.8, 4) is 0 Å². The molecule has 0 unspecified atom stereocenters. The van der Waals surface area contributed by atoms with Crippen LogP contribution < -0.4 is 5.32 Å². The van der Waals surface area contributed by atoms with Crippen molar-refractivity contribution in [2.24, 2.45) is 0 Å². The van der Waals surface area contributed by atoms with E-state index in [9.17, 15) is 14.3 Å². The minimum absolute atomic E-state index is 0.194. The van der Waals surface area contributed by atoms with Gasteiger partial charge >= 0.3 is 5.97 Å². The molecule has 0 saturated carbocycles. The topological polar surface area (TPSA) is 49.3 Å². The van der Waals surface area contributed by atoms with Gasteiger partial charge in [0.2, 0.25) is 0 Å². The Labute approximate surface area is 130 Å².